The summed E-state index contributed by atoms with van der Waals surface area (Å²) in [4.78, 5) is 6.60. The van der Waals surface area contributed by atoms with E-state index in [4.69, 9.17) is 5.73 Å². The van der Waals surface area contributed by atoms with Gasteiger partial charge in [0.05, 0.1) is 6.33 Å². The molecule has 1 aromatic heterocycles. The third-order valence-electron chi connectivity index (χ3n) is 3.90. The van der Waals surface area contributed by atoms with Crippen LogP contribution in [0.2, 0.25) is 0 Å². The van der Waals surface area contributed by atoms with Crippen molar-refractivity contribution in [3.8, 4) is 0 Å². The molecule has 4 heteroatoms. The van der Waals surface area contributed by atoms with E-state index in [1.165, 1.54) is 25.0 Å². The van der Waals surface area contributed by atoms with Gasteiger partial charge in [-0.05, 0) is 39.9 Å². The van der Waals surface area contributed by atoms with Crippen molar-refractivity contribution in [3.63, 3.8) is 0 Å². The average Bonchev–Trinajstić information content (AvgIpc) is 2.59. The Labute approximate surface area is 97.4 Å². The predicted octanol–water partition coefficient (Wildman–Crippen LogP) is 0.869. The van der Waals surface area contributed by atoms with Crippen molar-refractivity contribution >= 4 is 0 Å². The first kappa shape index (κ1) is 11.6. The van der Waals surface area contributed by atoms with Crippen molar-refractivity contribution in [1.82, 2.24) is 14.5 Å². The Morgan fingerprint density at radius 1 is 1.50 bits per heavy atom. The molecule has 1 saturated carbocycles. The number of aromatic nitrogens is 2. The van der Waals surface area contributed by atoms with Gasteiger partial charge < -0.3 is 15.2 Å². The first-order chi connectivity index (χ1) is 7.68. The Morgan fingerprint density at radius 2 is 2.25 bits per heavy atom. The standard InChI is InChI=1S/C12H22N4/c1-15(2)12(5-3-6-12)9-16-10-14-8-11(16)4-7-13/h8,10H,3-7,9,13H2,1-2H3. The van der Waals surface area contributed by atoms with Gasteiger partial charge >= 0.3 is 0 Å². The van der Waals surface area contributed by atoms with Crippen molar-refractivity contribution in [1.29, 1.82) is 0 Å². The molecule has 1 heterocycles. The van der Waals surface area contributed by atoms with E-state index in [1.807, 2.05) is 12.5 Å². The molecule has 0 bridgehead atoms. The van der Waals surface area contributed by atoms with E-state index in [9.17, 15) is 0 Å². The minimum absolute atomic E-state index is 0.351. The highest BCUT2D eigenvalue weighted by atomic mass is 15.2. The van der Waals surface area contributed by atoms with Crippen molar-refractivity contribution in [2.75, 3.05) is 20.6 Å². The molecule has 4 nitrogen and oxygen atoms in total. The SMILES string of the molecule is CN(C)C1(Cn2cncc2CCN)CCC1. The van der Waals surface area contributed by atoms with Gasteiger partial charge in [-0.15, -0.1) is 0 Å². The second-order valence-electron chi connectivity index (χ2n) is 5.02. The lowest BCUT2D eigenvalue weighted by molar-refractivity contribution is 0.0417. The zero-order valence-corrected chi connectivity index (χ0v) is 10.3. The Kier molecular flexibility index (Phi) is 3.30. The molecule has 0 unspecified atom stereocenters. The molecular formula is C12H22N4. The lowest BCUT2D eigenvalue weighted by Crippen LogP contribution is -2.53. The summed E-state index contributed by atoms with van der Waals surface area (Å²) in [5.74, 6) is 0. The maximum atomic E-state index is 5.61. The normalized spacial score (nSPS) is 18.8. The summed E-state index contributed by atoms with van der Waals surface area (Å²) in [5, 5.41) is 0. The second-order valence-corrected chi connectivity index (χ2v) is 5.02. The van der Waals surface area contributed by atoms with E-state index in [0.29, 0.717) is 12.1 Å². The molecule has 90 valence electrons. The van der Waals surface area contributed by atoms with Gasteiger partial charge in [0.25, 0.3) is 0 Å². The molecule has 1 aromatic rings. The third kappa shape index (κ3) is 1.99. The van der Waals surface area contributed by atoms with Crippen molar-refractivity contribution in [2.24, 2.45) is 5.73 Å². The van der Waals surface area contributed by atoms with Gasteiger partial charge in [0.1, 0.15) is 0 Å². The van der Waals surface area contributed by atoms with Gasteiger partial charge in [-0.1, -0.05) is 0 Å². The van der Waals surface area contributed by atoms with Crippen LogP contribution in [0.15, 0.2) is 12.5 Å². The van der Waals surface area contributed by atoms with E-state index >= 15 is 0 Å². The monoisotopic (exact) mass is 222 g/mol. The van der Waals surface area contributed by atoms with Crippen LogP contribution in [0.1, 0.15) is 25.0 Å². The van der Waals surface area contributed by atoms with E-state index in [0.717, 1.165) is 13.0 Å². The summed E-state index contributed by atoms with van der Waals surface area (Å²) >= 11 is 0. The minimum atomic E-state index is 0.351. The van der Waals surface area contributed by atoms with Gasteiger partial charge in [-0.25, -0.2) is 4.98 Å². The summed E-state index contributed by atoms with van der Waals surface area (Å²) in [6, 6.07) is 0. The lowest BCUT2D eigenvalue weighted by Gasteiger charge is -2.47. The van der Waals surface area contributed by atoms with Crippen molar-refractivity contribution in [3.05, 3.63) is 18.2 Å². The van der Waals surface area contributed by atoms with Gasteiger partial charge in [0.2, 0.25) is 0 Å². The van der Waals surface area contributed by atoms with E-state index in [2.05, 4.69) is 28.5 Å². The number of imidazole rings is 1. The van der Waals surface area contributed by atoms with E-state index in [-0.39, 0.29) is 0 Å². The molecule has 16 heavy (non-hydrogen) atoms. The quantitative estimate of drug-likeness (QED) is 0.804. The fourth-order valence-electron chi connectivity index (χ4n) is 2.50. The molecule has 0 aliphatic heterocycles. The molecule has 0 amide bonds. The molecule has 0 atom stereocenters. The summed E-state index contributed by atoms with van der Waals surface area (Å²) in [6.45, 7) is 1.75. The van der Waals surface area contributed by atoms with Crippen LogP contribution in [-0.2, 0) is 13.0 Å². The number of hydrogen-bond acceptors (Lipinski definition) is 3. The molecule has 0 spiro atoms. The Bertz CT molecular complexity index is 339. The molecule has 0 radical (unpaired) electrons. The van der Waals surface area contributed by atoms with E-state index < -0.39 is 0 Å². The molecule has 2 N–H and O–H groups in total. The molecule has 0 aromatic carbocycles. The van der Waals surface area contributed by atoms with Crippen molar-refractivity contribution in [2.45, 2.75) is 37.8 Å². The maximum Gasteiger partial charge on any atom is 0.0948 e. The zero-order chi connectivity index (χ0) is 11.6. The maximum absolute atomic E-state index is 5.61. The average molecular weight is 222 g/mol. The molecule has 1 fully saturated rings. The third-order valence-corrected chi connectivity index (χ3v) is 3.90. The van der Waals surface area contributed by atoms with Crippen LogP contribution in [0.25, 0.3) is 0 Å². The number of nitrogens with zero attached hydrogens (tertiary/aromatic N) is 3. The Morgan fingerprint density at radius 3 is 2.75 bits per heavy atom. The summed E-state index contributed by atoms with van der Waals surface area (Å²) in [7, 11) is 4.36. The van der Waals surface area contributed by atoms with Gasteiger partial charge in [-0.3, -0.25) is 0 Å². The molecule has 0 saturated heterocycles. The summed E-state index contributed by atoms with van der Waals surface area (Å²) in [5.41, 5.74) is 7.22. The smallest absolute Gasteiger partial charge is 0.0948 e. The molecule has 2 rings (SSSR count). The first-order valence-electron chi connectivity index (χ1n) is 6.04. The summed E-state index contributed by atoms with van der Waals surface area (Å²) < 4.78 is 2.27. The van der Waals surface area contributed by atoms with Crippen LogP contribution < -0.4 is 5.73 Å². The van der Waals surface area contributed by atoms with Gasteiger partial charge in [-0.2, -0.15) is 0 Å². The highest BCUT2D eigenvalue weighted by Crippen LogP contribution is 2.37. The van der Waals surface area contributed by atoms with Crippen LogP contribution in [0.4, 0.5) is 0 Å². The van der Waals surface area contributed by atoms with Crippen LogP contribution >= 0.6 is 0 Å². The highest BCUT2D eigenvalue weighted by molar-refractivity contribution is 5.04. The topological polar surface area (TPSA) is 47.1 Å². The van der Waals surface area contributed by atoms with Crippen LogP contribution in [-0.4, -0.2) is 40.6 Å². The van der Waals surface area contributed by atoms with E-state index in [1.54, 1.807) is 0 Å². The number of rotatable bonds is 5. The molecular weight excluding hydrogens is 200 g/mol. The first-order valence-corrected chi connectivity index (χ1v) is 6.04. The lowest BCUT2D eigenvalue weighted by atomic mass is 9.75. The number of likely N-dealkylation sites (N-methyl/N-ethyl adjacent to an activating group) is 1. The second kappa shape index (κ2) is 4.55. The van der Waals surface area contributed by atoms with Crippen LogP contribution in [0.3, 0.4) is 0 Å². The number of hydrogen-bond donors (Lipinski definition) is 1. The molecule has 1 aliphatic carbocycles. The summed E-state index contributed by atoms with van der Waals surface area (Å²) in [6.07, 6.45) is 8.73. The minimum Gasteiger partial charge on any atom is -0.333 e. The largest absolute Gasteiger partial charge is 0.333 e. The van der Waals surface area contributed by atoms with Gasteiger partial charge in [0, 0.05) is 30.4 Å². The Balaban J connectivity index is 2.10. The van der Waals surface area contributed by atoms with Gasteiger partial charge in [0.15, 0.2) is 0 Å². The fourth-order valence-corrected chi connectivity index (χ4v) is 2.50. The van der Waals surface area contributed by atoms with Crippen LogP contribution in [0.5, 0.6) is 0 Å². The fraction of sp³-hybridized carbons (Fsp3) is 0.750. The Hall–Kier alpha value is -0.870. The zero-order valence-electron chi connectivity index (χ0n) is 10.3. The molecule has 1 aliphatic rings. The highest BCUT2D eigenvalue weighted by Gasteiger charge is 2.39. The van der Waals surface area contributed by atoms with Crippen molar-refractivity contribution < 1.29 is 0 Å². The predicted molar refractivity (Wildman–Crippen MR) is 65.3 cm³/mol. The number of nitrogens with two attached hydrogens (primary N) is 1. The van der Waals surface area contributed by atoms with Crippen LogP contribution in [0, 0.1) is 0 Å².